The lowest BCUT2D eigenvalue weighted by atomic mass is 10.5. The summed E-state index contributed by atoms with van der Waals surface area (Å²) in [5.41, 5.74) is 0. The molecule has 0 bridgehead atoms. The summed E-state index contributed by atoms with van der Waals surface area (Å²) in [6.07, 6.45) is 2.93. The van der Waals surface area contributed by atoms with Crippen LogP contribution < -0.4 is 0 Å². The predicted octanol–water partition coefficient (Wildman–Crippen LogP) is 0.875. The third-order valence-electron chi connectivity index (χ3n) is 0.915. The Hall–Kier alpha value is 1.25. The van der Waals surface area contributed by atoms with E-state index in [1.165, 1.54) is 18.2 Å². The van der Waals surface area contributed by atoms with Gasteiger partial charge in [-0.25, -0.2) is 0 Å². The number of hydrogen-bond donors (Lipinski definition) is 0. The van der Waals surface area contributed by atoms with Crippen LogP contribution in [0.3, 0.4) is 0 Å². The minimum Gasteiger partial charge on any atom is -0.0925 e. The molecular weight excluding hydrogens is 152 g/mol. The Balaban J connectivity index is 0.000000250. The molecule has 0 heterocycles. The van der Waals surface area contributed by atoms with Gasteiger partial charge in [0.25, 0.3) is 0 Å². The van der Waals surface area contributed by atoms with Crippen molar-refractivity contribution >= 4 is 39.0 Å². The molecule has 0 unspecified atom stereocenters. The fourth-order valence-electron chi connectivity index (χ4n) is 0.272. The van der Waals surface area contributed by atoms with Crippen LogP contribution in [0.15, 0.2) is 0 Å². The van der Waals surface area contributed by atoms with E-state index in [9.17, 15) is 0 Å². The lowest BCUT2D eigenvalue weighted by Gasteiger charge is -1.70. The van der Waals surface area contributed by atoms with Gasteiger partial charge in [-0.15, -0.1) is 0 Å². The van der Waals surface area contributed by atoms with Gasteiger partial charge in [-0.3, -0.25) is 0 Å². The van der Waals surface area contributed by atoms with Crippen LogP contribution in [0.2, 0.25) is 0 Å². The molecule has 0 aromatic heterocycles. The van der Waals surface area contributed by atoms with Crippen LogP contribution in [0, 0.1) is 5.92 Å². The molecule has 1 rings (SSSR count). The second-order valence-electron chi connectivity index (χ2n) is 1.60. The average molecular weight is 161 g/mol. The zero-order chi connectivity index (χ0) is 3.70. The molecule has 0 aromatic rings. The summed E-state index contributed by atoms with van der Waals surface area (Å²) in [5.74, 6) is 1.05. The van der Waals surface area contributed by atoms with Gasteiger partial charge in [-0.1, -0.05) is 15.9 Å². The van der Waals surface area contributed by atoms with Crippen LogP contribution in [-0.4, -0.2) is 28.4 Å². The third kappa shape index (κ3) is 2.42. The lowest BCUT2D eigenvalue weighted by Crippen LogP contribution is -1.66. The molecule has 0 N–H and O–H groups in total. The predicted molar refractivity (Wildman–Crippen MR) is 35.1 cm³/mol. The van der Waals surface area contributed by atoms with Crippen molar-refractivity contribution in [2.75, 3.05) is 5.33 Å². The monoisotopic (exact) mass is 160 g/mol. The highest BCUT2D eigenvalue weighted by atomic mass is 79.9. The molecule has 0 saturated heterocycles. The van der Waals surface area contributed by atoms with Crippen LogP contribution in [0.1, 0.15) is 12.8 Å². The largest absolute Gasteiger partial charge is 0.316 e. The number of halogens is 1. The van der Waals surface area contributed by atoms with E-state index < -0.39 is 0 Å². The normalized spacial score (nSPS) is 19.5. The van der Waals surface area contributed by atoms with E-state index in [-0.39, 0.29) is 23.1 Å². The molecule has 0 amide bonds. The van der Waals surface area contributed by atoms with Crippen molar-refractivity contribution in [3.05, 3.63) is 0 Å². The summed E-state index contributed by atoms with van der Waals surface area (Å²) in [7, 11) is 0. The van der Waals surface area contributed by atoms with Crippen LogP contribution in [0.5, 0.6) is 0 Å². The molecule has 0 aromatic carbocycles. The Kier molecular flexibility index (Phi) is 3.95. The summed E-state index contributed by atoms with van der Waals surface area (Å²) in [6, 6.07) is 0. The van der Waals surface area contributed by atoms with E-state index in [1.807, 2.05) is 0 Å². The topological polar surface area (TPSA) is 0 Å². The second kappa shape index (κ2) is 3.27. The van der Waals surface area contributed by atoms with Gasteiger partial charge in [-0.2, -0.15) is 0 Å². The van der Waals surface area contributed by atoms with Crippen molar-refractivity contribution in [2.24, 2.45) is 5.92 Å². The average Bonchev–Trinajstić information content (AvgIpc) is 2.12. The Labute approximate surface area is 63.0 Å². The van der Waals surface area contributed by atoms with Gasteiger partial charge in [0.15, 0.2) is 0 Å². The molecule has 34 valence electrons. The highest BCUT2D eigenvalue weighted by Gasteiger charge is 2.18. The van der Waals surface area contributed by atoms with E-state index in [0.717, 1.165) is 5.92 Å². The van der Waals surface area contributed by atoms with Crippen molar-refractivity contribution < 1.29 is 0 Å². The summed E-state index contributed by atoms with van der Waals surface area (Å²) in [5, 5.41) is 1.23. The van der Waals surface area contributed by atoms with Crippen LogP contribution in [-0.2, 0) is 0 Å². The number of alkyl halides is 1. The van der Waals surface area contributed by atoms with E-state index >= 15 is 0 Å². The van der Waals surface area contributed by atoms with Crippen molar-refractivity contribution in [3.8, 4) is 0 Å². The van der Waals surface area contributed by atoms with E-state index in [1.54, 1.807) is 0 Å². The van der Waals surface area contributed by atoms with Crippen molar-refractivity contribution in [1.82, 2.24) is 0 Å². The number of hydrogen-bond acceptors (Lipinski definition) is 0. The highest BCUT2D eigenvalue weighted by molar-refractivity contribution is 9.09. The van der Waals surface area contributed by atoms with Gasteiger partial charge in [0.2, 0.25) is 0 Å². The van der Waals surface area contributed by atoms with Gasteiger partial charge >= 0.3 is 23.1 Å². The van der Waals surface area contributed by atoms with E-state index in [0.29, 0.717) is 0 Å². The van der Waals surface area contributed by atoms with Crippen molar-refractivity contribution in [3.63, 3.8) is 0 Å². The Bertz CT molecular complexity index is 34.5. The van der Waals surface area contributed by atoms with Crippen LogP contribution in [0.4, 0.5) is 0 Å². The molecule has 0 spiro atoms. The second-order valence-corrected chi connectivity index (χ2v) is 2.25. The van der Waals surface area contributed by atoms with Gasteiger partial charge in [0, 0.05) is 5.33 Å². The molecule has 1 aliphatic carbocycles. The lowest BCUT2D eigenvalue weighted by molar-refractivity contribution is 1.01. The molecule has 0 radical (unpaired) electrons. The molecule has 6 heavy (non-hydrogen) atoms. The highest BCUT2D eigenvalue weighted by Crippen LogP contribution is 2.29. The van der Waals surface area contributed by atoms with Gasteiger partial charge < -0.3 is 0 Å². The maximum atomic E-state index is 3.38. The first-order valence-electron chi connectivity index (χ1n) is 1.99. The molecule has 0 aliphatic heterocycles. The SMILES string of the molecule is BrCC1CC1.[MgH2]. The maximum Gasteiger partial charge on any atom is 0.316 e. The summed E-state index contributed by atoms with van der Waals surface area (Å²) < 4.78 is 0. The van der Waals surface area contributed by atoms with Gasteiger partial charge in [0.1, 0.15) is 0 Å². The minimum atomic E-state index is 0. The van der Waals surface area contributed by atoms with Crippen LogP contribution >= 0.6 is 15.9 Å². The maximum absolute atomic E-state index is 3.38. The van der Waals surface area contributed by atoms with Gasteiger partial charge in [-0.05, 0) is 18.8 Å². The molecule has 1 saturated carbocycles. The summed E-state index contributed by atoms with van der Waals surface area (Å²) in [6.45, 7) is 0. The Morgan fingerprint density at radius 2 is 2.00 bits per heavy atom. The zero-order valence-electron chi connectivity index (χ0n) is 3.08. The smallest absolute Gasteiger partial charge is 0.0925 e. The molecular formula is C4H9BrMg. The van der Waals surface area contributed by atoms with E-state index in [2.05, 4.69) is 15.9 Å². The molecule has 2 heteroatoms. The first kappa shape index (κ1) is 7.25. The molecule has 1 fully saturated rings. The standard InChI is InChI=1S/C4H7Br.Mg.2H/c5-3-4-1-2-4;;;/h4H,1-3H2;;;. The summed E-state index contributed by atoms with van der Waals surface area (Å²) >= 11 is 3.38. The molecule has 0 nitrogen and oxygen atoms in total. The van der Waals surface area contributed by atoms with Crippen LogP contribution in [0.25, 0.3) is 0 Å². The first-order valence-corrected chi connectivity index (χ1v) is 3.11. The minimum absolute atomic E-state index is 0. The Morgan fingerprint density at radius 3 is 2.00 bits per heavy atom. The summed E-state index contributed by atoms with van der Waals surface area (Å²) in [4.78, 5) is 0. The van der Waals surface area contributed by atoms with E-state index in [4.69, 9.17) is 0 Å². The fourth-order valence-corrected chi connectivity index (χ4v) is 0.920. The fraction of sp³-hybridized carbons (Fsp3) is 1.00. The first-order chi connectivity index (χ1) is 2.43. The zero-order valence-corrected chi connectivity index (χ0v) is 4.66. The van der Waals surface area contributed by atoms with Crippen molar-refractivity contribution in [1.29, 1.82) is 0 Å². The number of rotatable bonds is 1. The molecule has 0 atom stereocenters. The molecule has 1 aliphatic rings. The quantitative estimate of drug-likeness (QED) is 0.395. The Morgan fingerprint density at radius 1 is 1.50 bits per heavy atom. The third-order valence-corrected chi connectivity index (χ3v) is 1.83. The van der Waals surface area contributed by atoms with Gasteiger partial charge in [0.05, 0.1) is 0 Å². The van der Waals surface area contributed by atoms with Crippen molar-refractivity contribution in [2.45, 2.75) is 12.8 Å².